The van der Waals surface area contributed by atoms with Crippen LogP contribution in [0.25, 0.3) is 0 Å². The van der Waals surface area contributed by atoms with Gasteiger partial charge in [0, 0.05) is 30.9 Å². The summed E-state index contributed by atoms with van der Waals surface area (Å²) in [6.45, 7) is 2.28. The van der Waals surface area contributed by atoms with Crippen LogP contribution in [0.4, 0.5) is 5.13 Å². The SMILES string of the molecule is Cc1occc1C(=O)Nc1nc(CC(=O)NCCNC(=O)c2cccnc2)cs1. The van der Waals surface area contributed by atoms with Gasteiger partial charge in [-0.05, 0) is 25.1 Å². The van der Waals surface area contributed by atoms with Crippen molar-refractivity contribution < 1.29 is 18.8 Å². The number of furan rings is 1. The van der Waals surface area contributed by atoms with E-state index < -0.39 is 0 Å². The van der Waals surface area contributed by atoms with Gasteiger partial charge in [-0.3, -0.25) is 24.7 Å². The van der Waals surface area contributed by atoms with Gasteiger partial charge in [0.1, 0.15) is 5.76 Å². The van der Waals surface area contributed by atoms with Gasteiger partial charge in [0.2, 0.25) is 5.91 Å². The highest BCUT2D eigenvalue weighted by Crippen LogP contribution is 2.18. The monoisotopic (exact) mass is 413 g/mol. The molecule has 0 saturated heterocycles. The molecule has 0 aliphatic heterocycles. The van der Waals surface area contributed by atoms with Crippen LogP contribution in [0, 0.1) is 6.92 Å². The van der Waals surface area contributed by atoms with Crippen molar-refractivity contribution in [3.8, 4) is 0 Å². The molecule has 0 bridgehead atoms. The van der Waals surface area contributed by atoms with E-state index in [9.17, 15) is 14.4 Å². The molecule has 0 atom stereocenters. The van der Waals surface area contributed by atoms with Gasteiger partial charge in [-0.2, -0.15) is 0 Å². The first-order valence-corrected chi connectivity index (χ1v) is 9.65. The lowest BCUT2D eigenvalue weighted by molar-refractivity contribution is -0.120. The van der Waals surface area contributed by atoms with Crippen LogP contribution < -0.4 is 16.0 Å². The highest BCUT2D eigenvalue weighted by molar-refractivity contribution is 7.14. The molecule has 3 aromatic heterocycles. The van der Waals surface area contributed by atoms with E-state index in [0.29, 0.717) is 40.8 Å². The van der Waals surface area contributed by atoms with Gasteiger partial charge >= 0.3 is 0 Å². The molecule has 0 aliphatic carbocycles. The Kier molecular flexibility index (Phi) is 6.69. The van der Waals surface area contributed by atoms with E-state index in [1.54, 1.807) is 36.7 Å². The van der Waals surface area contributed by atoms with Gasteiger partial charge in [-0.1, -0.05) is 0 Å². The molecule has 3 rings (SSSR count). The van der Waals surface area contributed by atoms with Crippen LogP contribution >= 0.6 is 11.3 Å². The molecule has 0 aromatic carbocycles. The van der Waals surface area contributed by atoms with Crippen molar-refractivity contribution in [1.82, 2.24) is 20.6 Å². The summed E-state index contributed by atoms with van der Waals surface area (Å²) in [6.07, 6.45) is 4.58. The molecule has 0 radical (unpaired) electrons. The molecular weight excluding hydrogens is 394 g/mol. The number of thiazole rings is 1. The topological polar surface area (TPSA) is 126 Å². The van der Waals surface area contributed by atoms with Crippen LogP contribution in [0.15, 0.2) is 46.7 Å². The third-order valence-electron chi connectivity index (χ3n) is 3.87. The highest BCUT2D eigenvalue weighted by Gasteiger charge is 2.14. The van der Waals surface area contributed by atoms with E-state index in [1.807, 2.05) is 0 Å². The molecule has 10 heteroatoms. The molecular formula is C19H19N5O4S. The zero-order chi connectivity index (χ0) is 20.6. The quantitative estimate of drug-likeness (QED) is 0.483. The fourth-order valence-electron chi connectivity index (χ4n) is 2.43. The Morgan fingerprint density at radius 1 is 1.14 bits per heavy atom. The number of rotatable bonds is 8. The maximum atomic E-state index is 12.1. The number of nitrogens with zero attached hydrogens (tertiary/aromatic N) is 2. The first kappa shape index (κ1) is 20.2. The van der Waals surface area contributed by atoms with E-state index >= 15 is 0 Å². The van der Waals surface area contributed by atoms with E-state index in [4.69, 9.17) is 4.42 Å². The van der Waals surface area contributed by atoms with Crippen molar-refractivity contribution >= 4 is 34.2 Å². The highest BCUT2D eigenvalue weighted by atomic mass is 32.1. The lowest BCUT2D eigenvalue weighted by Crippen LogP contribution is -2.35. The number of aryl methyl sites for hydroxylation is 1. The van der Waals surface area contributed by atoms with Crippen LogP contribution in [0.5, 0.6) is 0 Å². The number of hydrogen-bond donors (Lipinski definition) is 3. The Labute approximate surface area is 170 Å². The van der Waals surface area contributed by atoms with Crippen molar-refractivity contribution in [3.63, 3.8) is 0 Å². The maximum Gasteiger partial charge on any atom is 0.260 e. The molecule has 0 unspecified atom stereocenters. The lowest BCUT2D eigenvalue weighted by Gasteiger charge is -2.06. The van der Waals surface area contributed by atoms with Crippen LogP contribution in [0.1, 0.15) is 32.2 Å². The number of carbonyl (C=O) groups is 3. The van der Waals surface area contributed by atoms with Crippen LogP contribution in [0.3, 0.4) is 0 Å². The Morgan fingerprint density at radius 2 is 1.97 bits per heavy atom. The molecule has 3 N–H and O–H groups in total. The van der Waals surface area contributed by atoms with Crippen LogP contribution in [-0.4, -0.2) is 40.8 Å². The number of pyridine rings is 1. The first-order valence-electron chi connectivity index (χ1n) is 8.77. The zero-order valence-electron chi connectivity index (χ0n) is 15.6. The Balaban J connectivity index is 1.39. The summed E-state index contributed by atoms with van der Waals surface area (Å²) in [5.74, 6) is -0.269. The van der Waals surface area contributed by atoms with Crippen molar-refractivity contribution in [3.05, 3.63) is 64.8 Å². The third-order valence-corrected chi connectivity index (χ3v) is 4.68. The van der Waals surface area contributed by atoms with E-state index in [1.165, 1.54) is 23.8 Å². The summed E-state index contributed by atoms with van der Waals surface area (Å²) in [4.78, 5) is 44.1. The van der Waals surface area contributed by atoms with Crippen LogP contribution in [0.2, 0.25) is 0 Å². The van der Waals surface area contributed by atoms with E-state index in [-0.39, 0.29) is 24.1 Å². The van der Waals surface area contributed by atoms with Gasteiger partial charge in [-0.15, -0.1) is 11.3 Å². The number of hydrogen-bond acceptors (Lipinski definition) is 7. The second kappa shape index (κ2) is 9.60. The number of carbonyl (C=O) groups excluding carboxylic acids is 3. The van der Waals surface area contributed by atoms with Gasteiger partial charge in [-0.25, -0.2) is 4.98 Å². The predicted molar refractivity (Wildman–Crippen MR) is 107 cm³/mol. The number of amides is 3. The molecule has 3 amide bonds. The molecule has 3 aromatic rings. The summed E-state index contributed by atoms with van der Waals surface area (Å²) in [6, 6.07) is 4.92. The molecule has 0 aliphatic rings. The minimum absolute atomic E-state index is 0.0770. The smallest absolute Gasteiger partial charge is 0.260 e. The first-order chi connectivity index (χ1) is 14.0. The average molecular weight is 413 g/mol. The van der Waals surface area contributed by atoms with Gasteiger partial charge < -0.3 is 15.1 Å². The van der Waals surface area contributed by atoms with Crippen LogP contribution in [-0.2, 0) is 11.2 Å². The number of anilines is 1. The summed E-state index contributed by atoms with van der Waals surface area (Å²) in [5.41, 5.74) is 1.44. The summed E-state index contributed by atoms with van der Waals surface area (Å²) >= 11 is 1.24. The Morgan fingerprint density at radius 3 is 2.69 bits per heavy atom. The number of aromatic nitrogens is 2. The van der Waals surface area contributed by atoms with Gasteiger partial charge in [0.25, 0.3) is 11.8 Å². The normalized spacial score (nSPS) is 10.4. The van der Waals surface area contributed by atoms with Gasteiger partial charge in [0.05, 0.1) is 29.5 Å². The molecule has 3 heterocycles. The van der Waals surface area contributed by atoms with Crippen molar-refractivity contribution in [2.45, 2.75) is 13.3 Å². The average Bonchev–Trinajstić information content (AvgIpc) is 3.34. The molecule has 150 valence electrons. The number of nitrogens with one attached hydrogen (secondary N) is 3. The Hall–Kier alpha value is -3.53. The second-order valence-electron chi connectivity index (χ2n) is 6.01. The van der Waals surface area contributed by atoms with E-state index in [2.05, 4.69) is 25.9 Å². The predicted octanol–water partition coefficient (Wildman–Crippen LogP) is 1.78. The van der Waals surface area contributed by atoms with E-state index in [0.717, 1.165) is 0 Å². The zero-order valence-corrected chi connectivity index (χ0v) is 16.4. The summed E-state index contributed by atoms with van der Waals surface area (Å²) in [7, 11) is 0. The summed E-state index contributed by atoms with van der Waals surface area (Å²) in [5, 5.41) is 10.2. The van der Waals surface area contributed by atoms with Gasteiger partial charge in [0.15, 0.2) is 5.13 Å². The molecule has 9 nitrogen and oxygen atoms in total. The summed E-state index contributed by atoms with van der Waals surface area (Å²) < 4.78 is 5.11. The van der Waals surface area contributed by atoms with Crippen molar-refractivity contribution in [2.24, 2.45) is 0 Å². The molecule has 0 spiro atoms. The minimum Gasteiger partial charge on any atom is -0.469 e. The second-order valence-corrected chi connectivity index (χ2v) is 6.87. The molecule has 0 saturated carbocycles. The Bertz CT molecular complexity index is 999. The maximum absolute atomic E-state index is 12.1. The molecule has 0 fully saturated rings. The fourth-order valence-corrected chi connectivity index (χ4v) is 3.14. The fraction of sp³-hybridized carbons (Fsp3) is 0.211. The third kappa shape index (κ3) is 5.72. The standard InChI is InChI=1S/C19H19N5O4S/c1-12-15(4-8-28-12)18(27)24-19-23-14(11-29-19)9-16(25)21-6-7-22-17(26)13-3-2-5-20-10-13/h2-5,8,10-11H,6-7,9H2,1H3,(H,21,25)(H,22,26)(H,23,24,27). The van der Waals surface area contributed by atoms with Crippen molar-refractivity contribution in [1.29, 1.82) is 0 Å². The lowest BCUT2D eigenvalue weighted by atomic mass is 10.2. The van der Waals surface area contributed by atoms with Crippen molar-refractivity contribution in [2.75, 3.05) is 18.4 Å². The molecule has 29 heavy (non-hydrogen) atoms. The minimum atomic E-state index is -0.314. The largest absolute Gasteiger partial charge is 0.469 e.